The number of carbonyl (C=O) groups excluding carboxylic acids is 2. The number of carboxylic acid groups (broad SMARTS) is 1. The molecule has 1 aromatic carbocycles. The maximum atomic E-state index is 12.0. The SMILES string of the molecule is CCC(=O)NC1CCc2cc(C(=O)O)ccc2NC1=O. The van der Waals surface area contributed by atoms with Crippen molar-refractivity contribution in [3.8, 4) is 0 Å². The predicted octanol–water partition coefficient (Wildman–Crippen LogP) is 1.16. The van der Waals surface area contributed by atoms with E-state index in [2.05, 4.69) is 10.6 Å². The average Bonchev–Trinajstić information content (AvgIpc) is 2.57. The Bertz CT molecular complexity index is 568. The maximum Gasteiger partial charge on any atom is 0.335 e. The van der Waals surface area contributed by atoms with Crippen LogP contribution >= 0.6 is 0 Å². The zero-order valence-electron chi connectivity index (χ0n) is 11.1. The number of fused-ring (bicyclic) bond motifs is 1. The molecule has 0 spiro atoms. The van der Waals surface area contributed by atoms with Crippen molar-refractivity contribution < 1.29 is 19.5 Å². The Labute approximate surface area is 116 Å². The highest BCUT2D eigenvalue weighted by Crippen LogP contribution is 2.23. The van der Waals surface area contributed by atoms with Gasteiger partial charge in [-0.1, -0.05) is 6.92 Å². The van der Waals surface area contributed by atoms with Gasteiger partial charge in [0.2, 0.25) is 11.8 Å². The molecule has 1 atom stereocenters. The fourth-order valence-electron chi connectivity index (χ4n) is 2.14. The summed E-state index contributed by atoms with van der Waals surface area (Å²) in [6.45, 7) is 1.72. The van der Waals surface area contributed by atoms with Gasteiger partial charge >= 0.3 is 5.97 Å². The van der Waals surface area contributed by atoms with E-state index in [9.17, 15) is 14.4 Å². The van der Waals surface area contributed by atoms with Crippen molar-refractivity contribution in [3.63, 3.8) is 0 Å². The van der Waals surface area contributed by atoms with Crippen molar-refractivity contribution in [1.29, 1.82) is 0 Å². The molecule has 106 valence electrons. The monoisotopic (exact) mass is 276 g/mol. The van der Waals surface area contributed by atoms with Crippen molar-refractivity contribution in [1.82, 2.24) is 5.32 Å². The molecule has 0 bridgehead atoms. The number of carbonyl (C=O) groups is 3. The molecule has 1 aliphatic rings. The molecule has 1 aliphatic heterocycles. The third-order valence-electron chi connectivity index (χ3n) is 3.29. The quantitative estimate of drug-likeness (QED) is 0.772. The molecular formula is C14H16N2O4. The van der Waals surface area contributed by atoms with Crippen LogP contribution in [0.2, 0.25) is 0 Å². The number of carboxylic acids is 1. The number of amides is 2. The normalized spacial score (nSPS) is 17.6. The molecule has 2 amide bonds. The molecule has 1 aromatic rings. The van der Waals surface area contributed by atoms with Gasteiger partial charge in [0.05, 0.1) is 5.56 Å². The van der Waals surface area contributed by atoms with Crippen LogP contribution in [-0.4, -0.2) is 28.9 Å². The number of anilines is 1. The largest absolute Gasteiger partial charge is 0.478 e. The molecule has 20 heavy (non-hydrogen) atoms. The number of benzene rings is 1. The van der Waals surface area contributed by atoms with E-state index >= 15 is 0 Å². The molecule has 6 heteroatoms. The van der Waals surface area contributed by atoms with E-state index in [0.717, 1.165) is 5.56 Å². The molecule has 1 heterocycles. The van der Waals surface area contributed by atoms with Gasteiger partial charge in [-0.05, 0) is 36.6 Å². The number of aryl methyl sites for hydroxylation is 1. The van der Waals surface area contributed by atoms with Crippen LogP contribution in [0.1, 0.15) is 35.7 Å². The van der Waals surface area contributed by atoms with Gasteiger partial charge in [0.1, 0.15) is 6.04 Å². The van der Waals surface area contributed by atoms with Gasteiger partial charge in [0, 0.05) is 12.1 Å². The number of hydrogen-bond donors (Lipinski definition) is 3. The van der Waals surface area contributed by atoms with E-state index in [1.54, 1.807) is 19.1 Å². The molecule has 0 saturated carbocycles. The molecule has 1 unspecified atom stereocenters. The maximum absolute atomic E-state index is 12.0. The highest BCUT2D eigenvalue weighted by molar-refractivity contribution is 5.99. The molecule has 2 rings (SSSR count). The zero-order valence-corrected chi connectivity index (χ0v) is 11.1. The van der Waals surface area contributed by atoms with Gasteiger partial charge in [0.25, 0.3) is 0 Å². The third kappa shape index (κ3) is 2.96. The van der Waals surface area contributed by atoms with Crippen LogP contribution < -0.4 is 10.6 Å². The summed E-state index contributed by atoms with van der Waals surface area (Å²) >= 11 is 0. The second kappa shape index (κ2) is 5.73. The lowest BCUT2D eigenvalue weighted by Gasteiger charge is -2.14. The van der Waals surface area contributed by atoms with Crippen molar-refractivity contribution in [2.24, 2.45) is 0 Å². The summed E-state index contributed by atoms with van der Waals surface area (Å²) in [7, 11) is 0. The summed E-state index contributed by atoms with van der Waals surface area (Å²) < 4.78 is 0. The van der Waals surface area contributed by atoms with Gasteiger partial charge in [-0.25, -0.2) is 4.79 Å². The number of rotatable bonds is 3. The standard InChI is InChI=1S/C14H16N2O4/c1-2-12(17)15-11-6-3-8-7-9(14(19)20)4-5-10(8)16-13(11)18/h4-5,7,11H,2-3,6H2,1H3,(H,15,17)(H,16,18)(H,19,20). The Morgan fingerprint density at radius 1 is 1.45 bits per heavy atom. The zero-order chi connectivity index (χ0) is 14.7. The Hall–Kier alpha value is -2.37. The Morgan fingerprint density at radius 2 is 2.20 bits per heavy atom. The van der Waals surface area contributed by atoms with Gasteiger partial charge < -0.3 is 15.7 Å². The van der Waals surface area contributed by atoms with E-state index in [0.29, 0.717) is 24.9 Å². The summed E-state index contributed by atoms with van der Waals surface area (Å²) in [5, 5.41) is 14.4. The van der Waals surface area contributed by atoms with E-state index in [1.807, 2.05) is 0 Å². The van der Waals surface area contributed by atoms with Crippen molar-refractivity contribution in [3.05, 3.63) is 29.3 Å². The molecule has 0 aromatic heterocycles. The lowest BCUT2D eigenvalue weighted by atomic mass is 10.0. The molecule has 0 aliphatic carbocycles. The molecule has 0 fully saturated rings. The van der Waals surface area contributed by atoms with Gasteiger partial charge in [-0.2, -0.15) is 0 Å². The highest BCUT2D eigenvalue weighted by atomic mass is 16.4. The summed E-state index contributed by atoms with van der Waals surface area (Å²) in [6, 6.07) is 4.01. The van der Waals surface area contributed by atoms with E-state index in [1.165, 1.54) is 6.07 Å². The van der Waals surface area contributed by atoms with Gasteiger partial charge in [0.15, 0.2) is 0 Å². The molecule has 3 N–H and O–H groups in total. The topological polar surface area (TPSA) is 95.5 Å². The van der Waals surface area contributed by atoms with Gasteiger partial charge in [-0.15, -0.1) is 0 Å². The minimum absolute atomic E-state index is 0.178. The first kappa shape index (κ1) is 14.0. The Morgan fingerprint density at radius 3 is 2.85 bits per heavy atom. The number of nitrogens with one attached hydrogen (secondary N) is 2. The summed E-state index contributed by atoms with van der Waals surface area (Å²) in [5.74, 6) is -1.45. The molecule has 0 saturated heterocycles. The Balaban J connectivity index is 2.20. The van der Waals surface area contributed by atoms with Crippen LogP contribution in [0.3, 0.4) is 0 Å². The molecular weight excluding hydrogens is 260 g/mol. The van der Waals surface area contributed by atoms with E-state index in [-0.39, 0.29) is 17.4 Å². The third-order valence-corrected chi connectivity index (χ3v) is 3.29. The predicted molar refractivity (Wildman–Crippen MR) is 72.6 cm³/mol. The average molecular weight is 276 g/mol. The van der Waals surface area contributed by atoms with Crippen LogP contribution in [0.4, 0.5) is 5.69 Å². The summed E-state index contributed by atoms with van der Waals surface area (Å²) in [6.07, 6.45) is 1.30. The second-order valence-corrected chi connectivity index (χ2v) is 4.68. The molecule has 0 radical (unpaired) electrons. The van der Waals surface area contributed by atoms with Crippen LogP contribution in [0.25, 0.3) is 0 Å². The summed E-state index contributed by atoms with van der Waals surface area (Å²) in [5.41, 5.74) is 1.56. The minimum atomic E-state index is -1.00. The van der Waals surface area contributed by atoms with Crippen molar-refractivity contribution >= 4 is 23.5 Å². The van der Waals surface area contributed by atoms with E-state index in [4.69, 9.17) is 5.11 Å². The highest BCUT2D eigenvalue weighted by Gasteiger charge is 2.25. The fraction of sp³-hybridized carbons (Fsp3) is 0.357. The smallest absolute Gasteiger partial charge is 0.335 e. The minimum Gasteiger partial charge on any atom is -0.478 e. The van der Waals surface area contributed by atoms with Gasteiger partial charge in [-0.3, -0.25) is 9.59 Å². The lowest BCUT2D eigenvalue weighted by molar-refractivity contribution is -0.126. The fourth-order valence-corrected chi connectivity index (χ4v) is 2.14. The molecule has 6 nitrogen and oxygen atoms in total. The first-order valence-corrected chi connectivity index (χ1v) is 6.47. The van der Waals surface area contributed by atoms with Crippen LogP contribution in [0, 0.1) is 0 Å². The lowest BCUT2D eigenvalue weighted by Crippen LogP contribution is -2.42. The van der Waals surface area contributed by atoms with Crippen LogP contribution in [-0.2, 0) is 16.0 Å². The number of aromatic carboxylic acids is 1. The van der Waals surface area contributed by atoms with Crippen molar-refractivity contribution in [2.75, 3.05) is 5.32 Å². The van der Waals surface area contributed by atoms with Crippen LogP contribution in [0.5, 0.6) is 0 Å². The van der Waals surface area contributed by atoms with E-state index < -0.39 is 12.0 Å². The Kier molecular flexibility index (Phi) is 4.02. The van der Waals surface area contributed by atoms with Crippen molar-refractivity contribution in [2.45, 2.75) is 32.2 Å². The first-order valence-electron chi connectivity index (χ1n) is 6.47. The van der Waals surface area contributed by atoms with Crippen LogP contribution in [0.15, 0.2) is 18.2 Å². The summed E-state index contributed by atoms with van der Waals surface area (Å²) in [4.78, 5) is 34.3. The number of hydrogen-bond acceptors (Lipinski definition) is 3. The first-order chi connectivity index (χ1) is 9.51. The second-order valence-electron chi connectivity index (χ2n) is 4.68.